The van der Waals surface area contributed by atoms with Gasteiger partial charge in [0.1, 0.15) is 11.2 Å². The summed E-state index contributed by atoms with van der Waals surface area (Å²) in [5, 5.41) is 6.62. The van der Waals surface area contributed by atoms with E-state index >= 15 is 0 Å². The normalized spacial score (nSPS) is 13.8. The number of aromatic nitrogens is 3. The molecule has 3 heterocycles. The molecule has 0 saturated carbocycles. The molecule has 186 valence electrons. The van der Waals surface area contributed by atoms with Crippen LogP contribution in [0.5, 0.6) is 0 Å². The zero-order chi connectivity index (χ0) is 30.6. The maximum Gasteiger partial charge on any atom is 0.235 e. The van der Waals surface area contributed by atoms with Crippen molar-refractivity contribution in [3.05, 3.63) is 127 Å². The molecule has 0 aliphatic rings. The summed E-state index contributed by atoms with van der Waals surface area (Å²) < 4.78 is 50.7. The van der Waals surface area contributed by atoms with E-state index in [1.54, 1.807) is 0 Å². The highest BCUT2D eigenvalue weighted by Crippen LogP contribution is 2.42. The number of benzene rings is 6. The smallest absolute Gasteiger partial charge is 0.235 e. The molecule has 0 amide bonds. The van der Waals surface area contributed by atoms with Gasteiger partial charge in [-0.05, 0) is 47.2 Å². The SMILES string of the molecule is [2H]c1c([2H])c([2H])c(-c2nc(-n3c4cc5ccccc5cc4c4ccc5oc6ccccc6c5c43)nc3ccccc23)c([2H])c1[2H]. The highest BCUT2D eigenvalue weighted by atomic mass is 16.3. The van der Waals surface area contributed by atoms with Crippen molar-refractivity contribution >= 4 is 65.4 Å². The Morgan fingerprint density at radius 1 is 0.625 bits per heavy atom. The average molecular weight is 517 g/mol. The first-order valence-corrected chi connectivity index (χ1v) is 13.0. The number of hydrogen-bond acceptors (Lipinski definition) is 3. The average Bonchev–Trinajstić information content (AvgIpc) is 3.60. The molecule has 0 N–H and O–H groups in total. The number of furan rings is 1. The summed E-state index contributed by atoms with van der Waals surface area (Å²) in [6.45, 7) is 0. The third kappa shape index (κ3) is 2.96. The van der Waals surface area contributed by atoms with Gasteiger partial charge in [0.15, 0.2) is 0 Å². The molecule has 9 rings (SSSR count). The second-order valence-electron chi connectivity index (χ2n) is 9.87. The summed E-state index contributed by atoms with van der Waals surface area (Å²) in [4.78, 5) is 10.1. The monoisotopic (exact) mass is 516 g/mol. The summed E-state index contributed by atoms with van der Waals surface area (Å²) in [7, 11) is 0. The molecule has 0 unspecified atom stereocenters. The van der Waals surface area contributed by atoms with E-state index in [-0.39, 0.29) is 23.3 Å². The molecule has 6 aromatic carbocycles. The molecule has 0 radical (unpaired) electrons. The lowest BCUT2D eigenvalue weighted by Crippen LogP contribution is -2.03. The molecule has 0 bridgehead atoms. The zero-order valence-corrected chi connectivity index (χ0v) is 21.0. The van der Waals surface area contributed by atoms with E-state index in [2.05, 4.69) is 30.3 Å². The molecule has 0 spiro atoms. The lowest BCUT2D eigenvalue weighted by Gasteiger charge is -2.12. The molecule has 3 aromatic heterocycles. The van der Waals surface area contributed by atoms with E-state index in [0.717, 1.165) is 54.5 Å². The van der Waals surface area contributed by atoms with Crippen molar-refractivity contribution in [2.75, 3.05) is 0 Å². The van der Waals surface area contributed by atoms with Gasteiger partial charge in [-0.3, -0.25) is 4.57 Å². The van der Waals surface area contributed by atoms with E-state index in [1.807, 2.05) is 71.3 Å². The van der Waals surface area contributed by atoms with Gasteiger partial charge in [0.05, 0.1) is 34.5 Å². The Labute approximate surface area is 235 Å². The number of para-hydroxylation sites is 2. The number of rotatable bonds is 2. The van der Waals surface area contributed by atoms with Crippen LogP contribution in [0.4, 0.5) is 0 Å². The van der Waals surface area contributed by atoms with Gasteiger partial charge in [0, 0.05) is 27.1 Å². The molecule has 0 aliphatic carbocycles. The van der Waals surface area contributed by atoms with Gasteiger partial charge in [-0.15, -0.1) is 0 Å². The summed E-state index contributed by atoms with van der Waals surface area (Å²) in [5.41, 5.74) is 4.13. The van der Waals surface area contributed by atoms with Crippen LogP contribution in [0.15, 0.2) is 132 Å². The third-order valence-electron chi connectivity index (χ3n) is 7.66. The largest absolute Gasteiger partial charge is 0.456 e. The van der Waals surface area contributed by atoms with Crippen molar-refractivity contribution in [1.82, 2.24) is 14.5 Å². The van der Waals surface area contributed by atoms with Crippen molar-refractivity contribution in [2.24, 2.45) is 0 Å². The van der Waals surface area contributed by atoms with Crippen LogP contribution < -0.4 is 0 Å². The van der Waals surface area contributed by atoms with Crippen LogP contribution in [0.25, 0.3) is 82.6 Å². The molecular weight excluding hydrogens is 490 g/mol. The van der Waals surface area contributed by atoms with Crippen LogP contribution in [0.2, 0.25) is 0 Å². The predicted molar refractivity (Wildman–Crippen MR) is 164 cm³/mol. The van der Waals surface area contributed by atoms with Crippen LogP contribution in [0, 0.1) is 0 Å². The van der Waals surface area contributed by atoms with Crippen LogP contribution in [0.3, 0.4) is 0 Å². The standard InChI is InChI=1S/C36H21N3O/c1-2-10-22(11-3-1)34-26-14-6-8-16-29(26)37-36(38-34)39-30-21-24-13-5-4-12-23(24)20-28(30)25-18-19-32-33(35(25)39)27-15-7-9-17-31(27)40-32/h1-21H/i1D,2D,3D,10D,11D. The van der Waals surface area contributed by atoms with Crippen molar-refractivity contribution in [3.8, 4) is 17.2 Å². The Morgan fingerprint density at radius 2 is 1.38 bits per heavy atom. The first kappa shape index (κ1) is 17.2. The quantitative estimate of drug-likeness (QED) is 0.230. The van der Waals surface area contributed by atoms with Crippen LogP contribution in [-0.4, -0.2) is 14.5 Å². The topological polar surface area (TPSA) is 43.9 Å². The maximum atomic E-state index is 8.77. The minimum atomic E-state index is -0.448. The van der Waals surface area contributed by atoms with Crippen LogP contribution in [0.1, 0.15) is 6.85 Å². The van der Waals surface area contributed by atoms with E-state index < -0.39 is 18.1 Å². The van der Waals surface area contributed by atoms with Crippen molar-refractivity contribution in [1.29, 1.82) is 0 Å². The highest BCUT2D eigenvalue weighted by Gasteiger charge is 2.22. The van der Waals surface area contributed by atoms with E-state index in [0.29, 0.717) is 16.9 Å². The fraction of sp³-hybridized carbons (Fsp3) is 0. The van der Waals surface area contributed by atoms with Gasteiger partial charge in [0.2, 0.25) is 5.95 Å². The van der Waals surface area contributed by atoms with Gasteiger partial charge in [0.25, 0.3) is 0 Å². The van der Waals surface area contributed by atoms with Crippen LogP contribution in [-0.2, 0) is 0 Å². The zero-order valence-electron chi connectivity index (χ0n) is 26.0. The van der Waals surface area contributed by atoms with Crippen molar-refractivity contribution < 1.29 is 11.3 Å². The van der Waals surface area contributed by atoms with E-state index in [9.17, 15) is 0 Å². The van der Waals surface area contributed by atoms with Gasteiger partial charge < -0.3 is 4.42 Å². The summed E-state index contributed by atoms with van der Waals surface area (Å²) in [6.07, 6.45) is 0. The molecule has 4 nitrogen and oxygen atoms in total. The minimum Gasteiger partial charge on any atom is -0.456 e. The first-order valence-electron chi connectivity index (χ1n) is 15.5. The maximum absolute atomic E-state index is 8.77. The first-order chi connectivity index (χ1) is 21.9. The Balaban J connectivity index is 1.51. The molecule has 0 fully saturated rings. The molecule has 0 aliphatic heterocycles. The number of nitrogens with zero attached hydrogens (tertiary/aromatic N) is 3. The third-order valence-corrected chi connectivity index (χ3v) is 7.66. The Bertz CT molecular complexity index is 2700. The molecule has 0 atom stereocenters. The Morgan fingerprint density at radius 3 is 2.25 bits per heavy atom. The number of fused-ring (bicyclic) bond motifs is 9. The lowest BCUT2D eigenvalue weighted by molar-refractivity contribution is 0.669. The lowest BCUT2D eigenvalue weighted by atomic mass is 10.0. The molecule has 0 saturated heterocycles. The van der Waals surface area contributed by atoms with E-state index in [4.69, 9.17) is 21.2 Å². The van der Waals surface area contributed by atoms with Gasteiger partial charge in [-0.25, -0.2) is 9.97 Å². The van der Waals surface area contributed by atoms with Crippen molar-refractivity contribution in [2.45, 2.75) is 0 Å². The van der Waals surface area contributed by atoms with Gasteiger partial charge >= 0.3 is 0 Å². The minimum absolute atomic E-state index is 0.0333. The molecule has 4 heteroatoms. The Hall–Kier alpha value is -5.48. The predicted octanol–water partition coefficient (Wildman–Crippen LogP) is 9.45. The second-order valence-corrected chi connectivity index (χ2v) is 9.87. The number of hydrogen-bond donors (Lipinski definition) is 0. The summed E-state index contributed by atoms with van der Waals surface area (Å²) >= 11 is 0. The fourth-order valence-electron chi connectivity index (χ4n) is 5.93. The van der Waals surface area contributed by atoms with Gasteiger partial charge in [-0.2, -0.15) is 0 Å². The molecule has 40 heavy (non-hydrogen) atoms. The van der Waals surface area contributed by atoms with Gasteiger partial charge in [-0.1, -0.05) is 90.9 Å². The summed E-state index contributed by atoms with van der Waals surface area (Å²) in [6, 6.07) is 29.9. The van der Waals surface area contributed by atoms with E-state index in [1.165, 1.54) is 0 Å². The van der Waals surface area contributed by atoms with Crippen molar-refractivity contribution in [3.63, 3.8) is 0 Å². The Kier molecular flexibility index (Phi) is 3.44. The second kappa shape index (κ2) is 8.01. The molecular formula is C36H21N3O. The fourth-order valence-corrected chi connectivity index (χ4v) is 5.93. The van der Waals surface area contributed by atoms with Crippen LogP contribution >= 0.6 is 0 Å². The highest BCUT2D eigenvalue weighted by molar-refractivity contribution is 6.25. The molecule has 9 aromatic rings. The summed E-state index contributed by atoms with van der Waals surface area (Å²) in [5.74, 6) is 0.323.